The van der Waals surface area contributed by atoms with Gasteiger partial charge in [0.15, 0.2) is 0 Å². The molecule has 1 aromatic carbocycles. The minimum atomic E-state index is -5.08. The first kappa shape index (κ1) is 24.4. The number of hydrogen-bond acceptors (Lipinski definition) is 4. The lowest BCUT2D eigenvalue weighted by atomic mass is 9.90. The van der Waals surface area contributed by atoms with Gasteiger partial charge in [0.2, 0.25) is 0 Å². The average molecular weight is 450 g/mol. The first-order valence-electron chi connectivity index (χ1n) is 9.24. The normalized spacial score (nSPS) is 12.9. The maximum Gasteiger partial charge on any atom is 0.490 e. The summed E-state index contributed by atoms with van der Waals surface area (Å²) in [6, 6.07) is 9.34. The van der Waals surface area contributed by atoms with E-state index in [0.29, 0.717) is 5.69 Å². The van der Waals surface area contributed by atoms with Gasteiger partial charge in [-0.15, -0.1) is 0 Å². The second-order valence-electron chi connectivity index (χ2n) is 7.65. The van der Waals surface area contributed by atoms with E-state index in [1.807, 2.05) is 51.1 Å². The van der Waals surface area contributed by atoms with Gasteiger partial charge in [-0.1, -0.05) is 51.1 Å². The zero-order chi connectivity index (χ0) is 24.1. The average Bonchev–Trinajstić information content (AvgIpc) is 3.15. The minimum absolute atomic E-state index is 0.156. The van der Waals surface area contributed by atoms with E-state index in [1.54, 1.807) is 18.5 Å². The van der Waals surface area contributed by atoms with Crippen molar-refractivity contribution in [2.75, 3.05) is 0 Å². The van der Waals surface area contributed by atoms with Crippen LogP contribution in [-0.2, 0) is 10.2 Å². The largest absolute Gasteiger partial charge is 0.490 e. The molecule has 0 fully saturated rings. The zero-order valence-corrected chi connectivity index (χ0v) is 17.4. The van der Waals surface area contributed by atoms with Gasteiger partial charge in [-0.05, 0) is 17.7 Å². The Morgan fingerprint density at radius 3 is 1.94 bits per heavy atom. The molecule has 0 aliphatic heterocycles. The quantitative estimate of drug-likeness (QED) is 0.468. The number of benzene rings is 1. The number of carboxylic acids is 1. The summed E-state index contributed by atoms with van der Waals surface area (Å²) in [6.07, 6.45) is -0.279. The third-order valence-electron chi connectivity index (χ3n) is 4.04. The number of rotatable bonds is 2. The summed E-state index contributed by atoms with van der Waals surface area (Å²) in [5, 5.41) is 7.51. The molecule has 32 heavy (non-hydrogen) atoms. The van der Waals surface area contributed by atoms with E-state index in [2.05, 4.69) is 19.9 Å². The fourth-order valence-electron chi connectivity index (χ4n) is 2.56. The summed E-state index contributed by atoms with van der Waals surface area (Å²) < 4.78 is 31.7. The van der Waals surface area contributed by atoms with Crippen molar-refractivity contribution in [3.05, 3.63) is 85.0 Å². The molecule has 0 radical (unpaired) electrons. The molecule has 0 unspecified atom stereocenters. The summed E-state index contributed by atoms with van der Waals surface area (Å²) in [5.74, 6) is -2.76. The highest BCUT2D eigenvalue weighted by Crippen LogP contribution is 2.22. The van der Waals surface area contributed by atoms with Gasteiger partial charge in [-0.25, -0.2) is 9.78 Å². The van der Waals surface area contributed by atoms with Crippen molar-refractivity contribution in [3.63, 3.8) is 0 Å². The SMILES string of the molecule is CC(C)(C)c1[nH]cnc1C=c1[nH]c(=O)c(=Cc2ccccc2)[nH]c1=O.O=C(O)C(F)(F)F. The fourth-order valence-corrected chi connectivity index (χ4v) is 2.56. The standard InChI is InChI=1S/C19H20N4O2.C2HF3O2/c1-19(2,3)16-13(20-11-21-16)10-15-18(25)22-14(17(24)23-15)9-12-7-5-4-6-8-12;3-2(4,5)1(6)7/h4-11H,1-3H3,(H,20,21)(H,22,25)(H,23,24);(H,6,7). The molecule has 0 atom stereocenters. The fraction of sp³-hybridized carbons (Fsp3) is 0.238. The Morgan fingerprint density at radius 1 is 0.969 bits per heavy atom. The lowest BCUT2D eigenvalue weighted by Gasteiger charge is -2.16. The van der Waals surface area contributed by atoms with Crippen molar-refractivity contribution in [1.82, 2.24) is 19.9 Å². The highest BCUT2D eigenvalue weighted by molar-refractivity contribution is 5.73. The number of H-pyrrole nitrogens is 3. The second kappa shape index (κ2) is 9.50. The minimum Gasteiger partial charge on any atom is -0.475 e. The van der Waals surface area contributed by atoms with E-state index in [0.717, 1.165) is 11.3 Å². The number of carbonyl (C=O) groups is 1. The molecule has 11 heteroatoms. The number of alkyl halides is 3. The van der Waals surface area contributed by atoms with Crippen molar-refractivity contribution < 1.29 is 23.1 Å². The van der Waals surface area contributed by atoms with Crippen LogP contribution in [0.4, 0.5) is 13.2 Å². The molecule has 4 N–H and O–H groups in total. The highest BCUT2D eigenvalue weighted by Gasteiger charge is 2.38. The number of carboxylic acid groups (broad SMARTS) is 1. The van der Waals surface area contributed by atoms with Crippen molar-refractivity contribution in [2.24, 2.45) is 0 Å². The second-order valence-corrected chi connectivity index (χ2v) is 7.65. The zero-order valence-electron chi connectivity index (χ0n) is 17.4. The molecule has 3 rings (SSSR count). The Balaban J connectivity index is 0.000000451. The summed E-state index contributed by atoms with van der Waals surface area (Å²) in [7, 11) is 0. The number of aliphatic carboxylic acids is 1. The number of aromatic amines is 3. The highest BCUT2D eigenvalue weighted by atomic mass is 19.4. The Bertz CT molecular complexity index is 1310. The van der Waals surface area contributed by atoms with Gasteiger partial charge in [0, 0.05) is 11.1 Å². The van der Waals surface area contributed by atoms with Crippen LogP contribution in [0.2, 0.25) is 0 Å². The molecular weight excluding hydrogens is 429 g/mol. The van der Waals surface area contributed by atoms with Crippen LogP contribution in [0.25, 0.3) is 12.2 Å². The number of nitrogens with zero attached hydrogens (tertiary/aromatic N) is 1. The maximum absolute atomic E-state index is 12.4. The van der Waals surface area contributed by atoms with E-state index < -0.39 is 12.1 Å². The molecule has 0 amide bonds. The topological polar surface area (TPSA) is 132 Å². The predicted molar refractivity (Wildman–Crippen MR) is 111 cm³/mol. The van der Waals surface area contributed by atoms with Crippen LogP contribution in [0.5, 0.6) is 0 Å². The Morgan fingerprint density at radius 2 is 1.47 bits per heavy atom. The molecule has 0 saturated carbocycles. The molecule has 3 aromatic rings. The summed E-state index contributed by atoms with van der Waals surface area (Å²) >= 11 is 0. The third kappa shape index (κ3) is 6.56. The molecule has 2 aromatic heterocycles. The van der Waals surface area contributed by atoms with Crippen LogP contribution in [0.1, 0.15) is 37.7 Å². The third-order valence-corrected chi connectivity index (χ3v) is 4.04. The Hall–Kier alpha value is -3.89. The maximum atomic E-state index is 12.4. The van der Waals surface area contributed by atoms with Crippen molar-refractivity contribution in [2.45, 2.75) is 32.4 Å². The van der Waals surface area contributed by atoms with Gasteiger partial charge in [0.25, 0.3) is 11.1 Å². The molecule has 0 aliphatic carbocycles. The van der Waals surface area contributed by atoms with Crippen LogP contribution in [-0.4, -0.2) is 37.2 Å². The summed E-state index contributed by atoms with van der Waals surface area (Å²) in [5.41, 5.74) is 1.48. The van der Waals surface area contributed by atoms with Crippen LogP contribution in [0.15, 0.2) is 46.2 Å². The molecule has 8 nitrogen and oxygen atoms in total. The van der Waals surface area contributed by atoms with Crippen LogP contribution >= 0.6 is 0 Å². The van der Waals surface area contributed by atoms with E-state index in [1.165, 1.54) is 0 Å². The number of aromatic nitrogens is 4. The van der Waals surface area contributed by atoms with E-state index in [4.69, 9.17) is 9.90 Å². The molecule has 0 aliphatic rings. The van der Waals surface area contributed by atoms with Crippen molar-refractivity contribution >= 4 is 18.1 Å². The first-order chi connectivity index (χ1) is 14.8. The number of nitrogens with one attached hydrogen (secondary N) is 3. The Labute approximate surface area is 179 Å². The predicted octanol–water partition coefficient (Wildman–Crippen LogP) is 1.37. The Kier molecular flexibility index (Phi) is 7.24. The van der Waals surface area contributed by atoms with Gasteiger partial charge < -0.3 is 20.1 Å². The number of halogens is 3. The smallest absolute Gasteiger partial charge is 0.475 e. The van der Waals surface area contributed by atoms with Crippen molar-refractivity contribution in [3.8, 4) is 0 Å². The summed E-state index contributed by atoms with van der Waals surface area (Å²) in [4.78, 5) is 46.2. The molecular formula is C21H21F3N4O4. The first-order valence-corrected chi connectivity index (χ1v) is 9.24. The van der Waals surface area contributed by atoms with Gasteiger partial charge in [0.1, 0.15) is 10.7 Å². The molecule has 0 saturated heterocycles. The van der Waals surface area contributed by atoms with Crippen LogP contribution < -0.4 is 21.8 Å². The lowest BCUT2D eigenvalue weighted by molar-refractivity contribution is -0.192. The molecule has 2 heterocycles. The van der Waals surface area contributed by atoms with Crippen LogP contribution in [0, 0.1) is 0 Å². The van der Waals surface area contributed by atoms with Gasteiger partial charge in [0.05, 0.1) is 12.0 Å². The van der Waals surface area contributed by atoms with Crippen LogP contribution in [0.3, 0.4) is 0 Å². The van der Waals surface area contributed by atoms with Crippen molar-refractivity contribution in [1.29, 1.82) is 0 Å². The van der Waals surface area contributed by atoms with Gasteiger partial charge >= 0.3 is 12.1 Å². The number of imidazole rings is 1. The van der Waals surface area contributed by atoms with E-state index in [-0.39, 0.29) is 27.2 Å². The molecule has 170 valence electrons. The molecule has 0 bridgehead atoms. The van der Waals surface area contributed by atoms with Gasteiger partial charge in [-0.2, -0.15) is 13.2 Å². The lowest BCUT2D eigenvalue weighted by Crippen LogP contribution is -2.46. The molecule has 0 spiro atoms. The van der Waals surface area contributed by atoms with E-state index in [9.17, 15) is 22.8 Å². The monoisotopic (exact) mass is 450 g/mol. The number of hydrogen-bond donors (Lipinski definition) is 4. The summed E-state index contributed by atoms with van der Waals surface area (Å²) in [6.45, 7) is 6.13. The van der Waals surface area contributed by atoms with Gasteiger partial charge in [-0.3, -0.25) is 9.59 Å². The van der Waals surface area contributed by atoms with E-state index >= 15 is 0 Å².